The van der Waals surface area contributed by atoms with Crippen LogP contribution in [0.15, 0.2) is 48.5 Å². The van der Waals surface area contributed by atoms with Gasteiger partial charge in [-0.1, -0.05) is 30.3 Å². The maximum atomic E-state index is 13.1. The predicted molar refractivity (Wildman–Crippen MR) is 82.3 cm³/mol. The summed E-state index contributed by atoms with van der Waals surface area (Å²) < 4.78 is 42.1. The minimum absolute atomic E-state index is 0.106. The van der Waals surface area contributed by atoms with Gasteiger partial charge in [0.1, 0.15) is 5.82 Å². The summed E-state index contributed by atoms with van der Waals surface area (Å²) in [6, 6.07) is 11.4. The van der Waals surface area contributed by atoms with Gasteiger partial charge in [-0.05, 0) is 24.6 Å². The summed E-state index contributed by atoms with van der Waals surface area (Å²) in [5.41, 5.74) is -1.02. The van der Waals surface area contributed by atoms with Gasteiger partial charge in [-0.2, -0.15) is 8.78 Å². The zero-order chi connectivity index (χ0) is 17.7. The Morgan fingerprint density at radius 2 is 1.92 bits per heavy atom. The highest BCUT2D eigenvalue weighted by molar-refractivity contribution is 5.93. The van der Waals surface area contributed by atoms with Gasteiger partial charge in [0.15, 0.2) is 5.75 Å². The van der Waals surface area contributed by atoms with Crippen LogP contribution in [-0.2, 0) is 10.4 Å². The zero-order valence-electron chi connectivity index (χ0n) is 12.8. The van der Waals surface area contributed by atoms with Crippen LogP contribution in [-0.4, -0.2) is 17.6 Å². The predicted octanol–water partition coefficient (Wildman–Crippen LogP) is 3.66. The van der Waals surface area contributed by atoms with Crippen LogP contribution < -0.4 is 10.1 Å². The number of alkyl halides is 2. The molecule has 0 heterocycles. The van der Waals surface area contributed by atoms with E-state index in [1.165, 1.54) is 6.92 Å². The highest BCUT2D eigenvalue weighted by atomic mass is 19.3. The molecule has 7 heteroatoms. The molecule has 0 bridgehead atoms. The van der Waals surface area contributed by atoms with Crippen LogP contribution in [0, 0.1) is 5.82 Å². The Morgan fingerprint density at radius 1 is 1.25 bits per heavy atom. The SMILES string of the molecule is C[C@@](O)(CC(=O)Nc1ccc(F)cc1OC(F)F)c1ccccc1. The monoisotopic (exact) mass is 339 g/mol. The molecule has 4 nitrogen and oxygen atoms in total. The standard InChI is InChI=1S/C17H16F3NO3/c1-17(23,11-5-3-2-4-6-11)10-15(22)21-13-8-7-12(18)9-14(13)24-16(19)20/h2-9,16,23H,10H2,1H3,(H,21,22)/t17-/m1/s1. The Balaban J connectivity index is 2.12. The number of carbonyl (C=O) groups excluding carboxylic acids is 1. The number of rotatable bonds is 6. The van der Waals surface area contributed by atoms with E-state index in [-0.39, 0.29) is 12.1 Å². The minimum Gasteiger partial charge on any atom is -0.432 e. The molecule has 0 unspecified atom stereocenters. The number of hydrogen-bond donors (Lipinski definition) is 2. The van der Waals surface area contributed by atoms with E-state index in [4.69, 9.17) is 0 Å². The molecule has 24 heavy (non-hydrogen) atoms. The van der Waals surface area contributed by atoms with Gasteiger partial charge in [0.2, 0.25) is 5.91 Å². The first kappa shape index (κ1) is 17.8. The van der Waals surface area contributed by atoms with Crippen LogP contribution in [0.2, 0.25) is 0 Å². The fraction of sp³-hybridized carbons (Fsp3) is 0.235. The molecule has 2 rings (SSSR count). The lowest BCUT2D eigenvalue weighted by atomic mass is 9.92. The normalized spacial score (nSPS) is 13.4. The van der Waals surface area contributed by atoms with Gasteiger partial charge in [-0.25, -0.2) is 4.39 Å². The second kappa shape index (κ2) is 7.35. The number of carbonyl (C=O) groups is 1. The fourth-order valence-electron chi connectivity index (χ4n) is 2.20. The van der Waals surface area contributed by atoms with Gasteiger partial charge in [-0.15, -0.1) is 0 Å². The van der Waals surface area contributed by atoms with E-state index < -0.39 is 29.7 Å². The number of benzene rings is 2. The van der Waals surface area contributed by atoms with Crippen LogP contribution in [0.4, 0.5) is 18.9 Å². The van der Waals surface area contributed by atoms with Crippen molar-refractivity contribution in [1.82, 2.24) is 0 Å². The molecule has 0 aliphatic heterocycles. The Bertz CT molecular complexity index is 705. The van der Waals surface area contributed by atoms with Crippen LogP contribution in [0.1, 0.15) is 18.9 Å². The van der Waals surface area contributed by atoms with Crippen molar-refractivity contribution in [2.75, 3.05) is 5.32 Å². The molecule has 0 fully saturated rings. The third-order valence-electron chi connectivity index (χ3n) is 3.33. The van der Waals surface area contributed by atoms with E-state index in [0.29, 0.717) is 5.56 Å². The number of halogens is 3. The molecule has 0 aromatic heterocycles. The number of ether oxygens (including phenoxy) is 1. The topological polar surface area (TPSA) is 58.6 Å². The van der Waals surface area contributed by atoms with E-state index in [2.05, 4.69) is 10.1 Å². The molecule has 0 aliphatic carbocycles. The lowest BCUT2D eigenvalue weighted by Gasteiger charge is -2.23. The van der Waals surface area contributed by atoms with E-state index in [9.17, 15) is 23.1 Å². The van der Waals surface area contributed by atoms with Crippen molar-refractivity contribution < 1.29 is 27.8 Å². The van der Waals surface area contributed by atoms with Gasteiger partial charge >= 0.3 is 6.61 Å². The van der Waals surface area contributed by atoms with Crippen molar-refractivity contribution in [1.29, 1.82) is 0 Å². The van der Waals surface area contributed by atoms with Gasteiger partial charge in [-0.3, -0.25) is 4.79 Å². The van der Waals surface area contributed by atoms with E-state index in [1.54, 1.807) is 30.3 Å². The Labute approximate surface area is 136 Å². The molecular formula is C17H16F3NO3. The van der Waals surface area contributed by atoms with Crippen molar-refractivity contribution in [3.63, 3.8) is 0 Å². The van der Waals surface area contributed by atoms with Crippen molar-refractivity contribution in [2.45, 2.75) is 25.6 Å². The average Bonchev–Trinajstić information content (AvgIpc) is 2.50. The second-order valence-electron chi connectivity index (χ2n) is 5.38. The van der Waals surface area contributed by atoms with Crippen LogP contribution in [0.3, 0.4) is 0 Å². The summed E-state index contributed by atoms with van der Waals surface area (Å²) in [6.07, 6.45) is -0.317. The van der Waals surface area contributed by atoms with Gasteiger partial charge in [0.05, 0.1) is 17.7 Å². The van der Waals surface area contributed by atoms with Gasteiger partial charge in [0, 0.05) is 6.07 Å². The first-order valence-corrected chi connectivity index (χ1v) is 7.10. The highest BCUT2D eigenvalue weighted by Gasteiger charge is 2.27. The maximum Gasteiger partial charge on any atom is 0.387 e. The van der Waals surface area contributed by atoms with Gasteiger partial charge in [0.25, 0.3) is 0 Å². The summed E-state index contributed by atoms with van der Waals surface area (Å²) in [7, 11) is 0. The lowest BCUT2D eigenvalue weighted by Crippen LogP contribution is -2.28. The summed E-state index contributed by atoms with van der Waals surface area (Å²) in [5, 5.41) is 12.8. The summed E-state index contributed by atoms with van der Waals surface area (Å²) in [5.74, 6) is -1.90. The first-order chi connectivity index (χ1) is 11.3. The molecule has 128 valence electrons. The maximum absolute atomic E-state index is 13.1. The number of anilines is 1. The third-order valence-corrected chi connectivity index (χ3v) is 3.33. The molecule has 0 spiro atoms. The summed E-state index contributed by atoms with van der Waals surface area (Å²) >= 11 is 0. The largest absolute Gasteiger partial charge is 0.432 e. The third kappa shape index (κ3) is 4.73. The van der Waals surface area contributed by atoms with Crippen LogP contribution in [0.5, 0.6) is 5.75 Å². The van der Waals surface area contributed by atoms with E-state index >= 15 is 0 Å². The molecule has 1 amide bonds. The molecular weight excluding hydrogens is 323 g/mol. The Morgan fingerprint density at radius 3 is 2.54 bits per heavy atom. The van der Waals surface area contributed by atoms with Crippen molar-refractivity contribution >= 4 is 11.6 Å². The van der Waals surface area contributed by atoms with Crippen molar-refractivity contribution in [2.24, 2.45) is 0 Å². The lowest BCUT2D eigenvalue weighted by molar-refractivity contribution is -0.120. The molecule has 0 saturated carbocycles. The van der Waals surface area contributed by atoms with Crippen LogP contribution >= 0.6 is 0 Å². The molecule has 1 atom stereocenters. The molecule has 0 saturated heterocycles. The molecule has 2 aromatic rings. The zero-order valence-corrected chi connectivity index (χ0v) is 12.8. The van der Waals surface area contributed by atoms with Crippen molar-refractivity contribution in [3.05, 3.63) is 59.9 Å². The van der Waals surface area contributed by atoms with E-state index in [0.717, 1.165) is 18.2 Å². The van der Waals surface area contributed by atoms with Crippen LogP contribution in [0.25, 0.3) is 0 Å². The smallest absolute Gasteiger partial charge is 0.387 e. The number of hydrogen-bond acceptors (Lipinski definition) is 3. The van der Waals surface area contributed by atoms with Gasteiger partial charge < -0.3 is 15.2 Å². The highest BCUT2D eigenvalue weighted by Crippen LogP contribution is 2.29. The van der Waals surface area contributed by atoms with E-state index in [1.807, 2.05) is 0 Å². The van der Waals surface area contributed by atoms with Crippen molar-refractivity contribution in [3.8, 4) is 5.75 Å². The quantitative estimate of drug-likeness (QED) is 0.844. The minimum atomic E-state index is -3.16. The summed E-state index contributed by atoms with van der Waals surface area (Å²) in [6.45, 7) is -1.70. The molecule has 0 aliphatic rings. The molecule has 2 N–H and O–H groups in total. The second-order valence-corrected chi connectivity index (χ2v) is 5.38. The average molecular weight is 339 g/mol. The molecule has 2 aromatic carbocycles. The Kier molecular flexibility index (Phi) is 5.46. The number of nitrogens with one attached hydrogen (secondary N) is 1. The fourth-order valence-corrected chi connectivity index (χ4v) is 2.20. The summed E-state index contributed by atoms with van der Waals surface area (Å²) in [4.78, 5) is 12.1. The molecule has 0 radical (unpaired) electrons. The first-order valence-electron chi connectivity index (χ1n) is 7.10. The number of amides is 1. The number of aliphatic hydroxyl groups is 1. The Hall–Kier alpha value is -2.54.